The van der Waals surface area contributed by atoms with E-state index in [-0.39, 0.29) is 38.6 Å². The molecule has 0 aromatic carbocycles. The predicted octanol–water partition coefficient (Wildman–Crippen LogP) is 8.95. The Morgan fingerprint density at radius 1 is 0.587 bits per heavy atom. The van der Waals surface area contributed by atoms with Crippen molar-refractivity contribution in [3.8, 4) is 0 Å². The molecule has 0 heterocycles. The lowest BCUT2D eigenvalue weighted by atomic mass is 10.1. The third-order valence-corrected chi connectivity index (χ3v) is 8.85. The van der Waals surface area contributed by atoms with Crippen molar-refractivity contribution < 1.29 is 42.3 Å². The Bertz CT molecular complexity index is 741. The van der Waals surface area contributed by atoms with Gasteiger partial charge in [-0.15, -0.1) is 0 Å². The van der Waals surface area contributed by atoms with Crippen molar-refractivity contribution in [3.05, 3.63) is 0 Å². The first kappa shape index (κ1) is 45.0. The SMILES string of the molecule is CCCCCCCCCCCCCC(=O)OCC(COP(=O)(O)OCCOCCN)OC(=O)CCCCCCCCCCCCC. The first-order chi connectivity index (χ1) is 22.3. The maximum Gasteiger partial charge on any atom is 0.472 e. The molecule has 0 rings (SSSR count). The molecule has 0 spiro atoms. The van der Waals surface area contributed by atoms with Gasteiger partial charge in [-0.05, 0) is 12.8 Å². The first-order valence-electron chi connectivity index (χ1n) is 18.6. The second-order valence-electron chi connectivity index (χ2n) is 12.4. The summed E-state index contributed by atoms with van der Waals surface area (Å²) in [6.07, 6.45) is 25.5. The summed E-state index contributed by atoms with van der Waals surface area (Å²) in [5.74, 6) is -0.836. The predicted molar refractivity (Wildman–Crippen MR) is 185 cm³/mol. The van der Waals surface area contributed by atoms with Gasteiger partial charge >= 0.3 is 19.8 Å². The average Bonchev–Trinajstić information content (AvgIpc) is 3.03. The number of ether oxygens (including phenoxy) is 3. The quantitative estimate of drug-likeness (QED) is 0.0374. The van der Waals surface area contributed by atoms with Crippen molar-refractivity contribution >= 4 is 19.8 Å². The molecule has 0 radical (unpaired) electrons. The van der Waals surface area contributed by atoms with Crippen LogP contribution in [0.15, 0.2) is 0 Å². The molecule has 2 unspecified atom stereocenters. The third-order valence-electron chi connectivity index (χ3n) is 7.87. The molecule has 0 aliphatic carbocycles. The highest BCUT2D eigenvalue weighted by Crippen LogP contribution is 2.43. The topological polar surface area (TPSA) is 144 Å². The fraction of sp³-hybridized carbons (Fsp3) is 0.943. The zero-order chi connectivity index (χ0) is 34.0. The number of carbonyl (C=O) groups is 2. The molecule has 0 aromatic heterocycles. The number of esters is 2. The van der Waals surface area contributed by atoms with E-state index in [2.05, 4.69) is 13.8 Å². The van der Waals surface area contributed by atoms with E-state index in [1.54, 1.807) is 0 Å². The van der Waals surface area contributed by atoms with Crippen molar-refractivity contribution in [2.75, 3.05) is 39.6 Å². The second kappa shape index (κ2) is 33.9. The van der Waals surface area contributed by atoms with Gasteiger partial charge in [0.2, 0.25) is 0 Å². The molecule has 0 amide bonds. The largest absolute Gasteiger partial charge is 0.472 e. The minimum absolute atomic E-state index is 0.0825. The van der Waals surface area contributed by atoms with Crippen LogP contribution in [-0.2, 0) is 37.4 Å². The molecule has 274 valence electrons. The monoisotopic (exact) mass is 679 g/mol. The number of unbranched alkanes of at least 4 members (excludes halogenated alkanes) is 20. The summed E-state index contributed by atoms with van der Waals surface area (Å²) in [7, 11) is -4.42. The number of phosphoric acid groups is 1. The van der Waals surface area contributed by atoms with Crippen molar-refractivity contribution in [2.45, 2.75) is 174 Å². The summed E-state index contributed by atoms with van der Waals surface area (Å²) < 4.78 is 38.2. The standard InChI is InChI=1S/C35H70NO9P/c1-3-5-7-9-11-13-15-17-19-21-23-25-34(37)42-31-33(32-44-46(39,40)43-30-29-41-28-27-36)45-35(38)26-24-22-20-18-16-14-12-10-8-6-4-2/h33H,3-32,36H2,1-2H3,(H,39,40). The lowest BCUT2D eigenvalue weighted by Crippen LogP contribution is -2.29. The highest BCUT2D eigenvalue weighted by atomic mass is 31.2. The van der Waals surface area contributed by atoms with E-state index in [0.29, 0.717) is 19.6 Å². The Morgan fingerprint density at radius 2 is 1.02 bits per heavy atom. The van der Waals surface area contributed by atoms with Gasteiger partial charge in [0.1, 0.15) is 6.61 Å². The first-order valence-corrected chi connectivity index (χ1v) is 20.1. The molecule has 0 saturated heterocycles. The number of carbonyl (C=O) groups excluding carboxylic acids is 2. The number of rotatable bonds is 36. The molecule has 10 nitrogen and oxygen atoms in total. The van der Waals surface area contributed by atoms with Crippen LogP contribution in [0.1, 0.15) is 168 Å². The highest BCUT2D eigenvalue weighted by Gasteiger charge is 2.26. The van der Waals surface area contributed by atoms with Crippen LogP contribution in [-0.4, -0.2) is 62.5 Å². The molecule has 2 atom stereocenters. The van der Waals surface area contributed by atoms with Gasteiger partial charge in [0, 0.05) is 19.4 Å². The number of phosphoric ester groups is 1. The van der Waals surface area contributed by atoms with E-state index in [0.717, 1.165) is 38.5 Å². The lowest BCUT2D eigenvalue weighted by Gasteiger charge is -2.20. The van der Waals surface area contributed by atoms with E-state index in [4.69, 9.17) is 29.0 Å². The van der Waals surface area contributed by atoms with Gasteiger partial charge < -0.3 is 24.8 Å². The van der Waals surface area contributed by atoms with E-state index < -0.39 is 26.5 Å². The summed E-state index contributed by atoms with van der Waals surface area (Å²) in [6, 6.07) is 0. The van der Waals surface area contributed by atoms with Gasteiger partial charge in [0.25, 0.3) is 0 Å². The van der Waals surface area contributed by atoms with Gasteiger partial charge in [-0.3, -0.25) is 18.6 Å². The summed E-state index contributed by atoms with van der Waals surface area (Å²) in [5, 5.41) is 0. The number of hydrogen-bond donors (Lipinski definition) is 2. The maximum absolute atomic E-state index is 12.5. The fourth-order valence-corrected chi connectivity index (χ4v) is 5.83. The van der Waals surface area contributed by atoms with Gasteiger partial charge in [-0.1, -0.05) is 142 Å². The Balaban J connectivity index is 4.39. The Hall–Kier alpha value is -1.03. The van der Waals surface area contributed by atoms with Gasteiger partial charge in [-0.2, -0.15) is 0 Å². The lowest BCUT2D eigenvalue weighted by molar-refractivity contribution is -0.161. The van der Waals surface area contributed by atoms with Crippen LogP contribution in [0.25, 0.3) is 0 Å². The van der Waals surface area contributed by atoms with E-state index in [9.17, 15) is 19.0 Å². The molecule has 0 aliphatic rings. The average molecular weight is 680 g/mol. The van der Waals surface area contributed by atoms with Crippen molar-refractivity contribution in [3.63, 3.8) is 0 Å². The van der Waals surface area contributed by atoms with Crippen molar-refractivity contribution in [2.24, 2.45) is 5.73 Å². The van der Waals surface area contributed by atoms with E-state index >= 15 is 0 Å². The molecule has 3 N–H and O–H groups in total. The molecule has 0 bridgehead atoms. The van der Waals surface area contributed by atoms with Crippen LogP contribution in [0.3, 0.4) is 0 Å². The smallest absolute Gasteiger partial charge is 0.462 e. The number of hydrogen-bond acceptors (Lipinski definition) is 9. The Kier molecular flexibility index (Phi) is 33.1. The minimum Gasteiger partial charge on any atom is -0.462 e. The van der Waals surface area contributed by atoms with Gasteiger partial charge in [0.15, 0.2) is 6.10 Å². The normalized spacial score (nSPS) is 13.4. The van der Waals surface area contributed by atoms with E-state index in [1.807, 2.05) is 0 Å². The zero-order valence-electron chi connectivity index (χ0n) is 29.5. The molecule has 0 saturated carbocycles. The van der Waals surface area contributed by atoms with Crippen LogP contribution >= 0.6 is 7.82 Å². The summed E-state index contributed by atoms with van der Waals surface area (Å²) in [4.78, 5) is 34.9. The zero-order valence-corrected chi connectivity index (χ0v) is 30.4. The summed E-state index contributed by atoms with van der Waals surface area (Å²) in [6.45, 7) is 4.33. The van der Waals surface area contributed by atoms with Crippen LogP contribution in [0.5, 0.6) is 0 Å². The molecule has 46 heavy (non-hydrogen) atoms. The summed E-state index contributed by atoms with van der Waals surface area (Å²) in [5.41, 5.74) is 5.35. The highest BCUT2D eigenvalue weighted by molar-refractivity contribution is 7.47. The van der Waals surface area contributed by atoms with Crippen molar-refractivity contribution in [1.82, 2.24) is 0 Å². The summed E-state index contributed by atoms with van der Waals surface area (Å²) >= 11 is 0. The number of nitrogens with two attached hydrogens (primary N) is 1. The third kappa shape index (κ3) is 32.9. The van der Waals surface area contributed by atoms with Crippen LogP contribution < -0.4 is 5.73 Å². The molecule has 0 fully saturated rings. The minimum atomic E-state index is -4.42. The maximum atomic E-state index is 12.5. The molecular formula is C35H70NO9P. The fourth-order valence-electron chi connectivity index (χ4n) is 5.10. The molecule has 0 aromatic rings. The Morgan fingerprint density at radius 3 is 1.48 bits per heavy atom. The molecule has 0 aliphatic heterocycles. The van der Waals surface area contributed by atoms with Gasteiger partial charge in [-0.25, -0.2) is 4.57 Å². The molecular weight excluding hydrogens is 609 g/mol. The Labute approximate surface area is 281 Å². The molecule has 11 heteroatoms. The van der Waals surface area contributed by atoms with Crippen LogP contribution in [0, 0.1) is 0 Å². The van der Waals surface area contributed by atoms with Crippen molar-refractivity contribution in [1.29, 1.82) is 0 Å². The van der Waals surface area contributed by atoms with Gasteiger partial charge in [0.05, 0.1) is 26.4 Å². The van der Waals surface area contributed by atoms with Crippen LogP contribution in [0.2, 0.25) is 0 Å². The second-order valence-corrected chi connectivity index (χ2v) is 13.8. The van der Waals surface area contributed by atoms with E-state index in [1.165, 1.54) is 96.3 Å². The van der Waals surface area contributed by atoms with Crippen LogP contribution in [0.4, 0.5) is 0 Å².